The molecule has 0 bridgehead atoms. The van der Waals surface area contributed by atoms with Gasteiger partial charge in [-0.15, -0.1) is 0 Å². The maximum atomic E-state index is 12.7. The minimum atomic E-state index is -0.169. The summed E-state index contributed by atoms with van der Waals surface area (Å²) in [6.45, 7) is 6.83. The highest BCUT2D eigenvalue weighted by atomic mass is 16.5. The van der Waals surface area contributed by atoms with Crippen molar-refractivity contribution in [1.82, 2.24) is 15.0 Å². The predicted octanol–water partition coefficient (Wildman–Crippen LogP) is 3.38. The zero-order valence-electron chi connectivity index (χ0n) is 13.2. The average molecular weight is 299 g/mol. The van der Waals surface area contributed by atoms with Crippen molar-refractivity contribution in [2.75, 3.05) is 0 Å². The fourth-order valence-electron chi connectivity index (χ4n) is 2.94. The summed E-state index contributed by atoms with van der Waals surface area (Å²) < 4.78 is 5.45. The van der Waals surface area contributed by atoms with Gasteiger partial charge in [0.1, 0.15) is 6.04 Å². The summed E-state index contributed by atoms with van der Waals surface area (Å²) in [7, 11) is 0. The van der Waals surface area contributed by atoms with Crippen LogP contribution in [0.4, 0.5) is 0 Å². The normalized spacial score (nSPS) is 16.7. The predicted molar refractivity (Wildman–Crippen MR) is 82.2 cm³/mol. The second kappa shape index (κ2) is 5.91. The molecule has 0 radical (unpaired) electrons. The molecule has 22 heavy (non-hydrogen) atoms. The van der Waals surface area contributed by atoms with E-state index in [-0.39, 0.29) is 17.9 Å². The first-order valence-corrected chi connectivity index (χ1v) is 7.87. The van der Waals surface area contributed by atoms with E-state index in [1.165, 1.54) is 0 Å². The van der Waals surface area contributed by atoms with E-state index in [1.807, 2.05) is 36.1 Å². The van der Waals surface area contributed by atoms with Gasteiger partial charge >= 0.3 is 0 Å². The second-order valence-electron chi connectivity index (χ2n) is 5.82. The Kier molecular flexibility index (Phi) is 3.96. The summed E-state index contributed by atoms with van der Waals surface area (Å²) in [5, 5.41) is 3.99. The van der Waals surface area contributed by atoms with Crippen molar-refractivity contribution in [1.29, 1.82) is 0 Å². The lowest BCUT2D eigenvalue weighted by atomic mass is 9.97. The molecule has 0 saturated heterocycles. The SMILES string of the molecule is CCc1noc([C@@H]([C@H](C)CC)N2Cc3ccccc3C2=O)n1. The maximum Gasteiger partial charge on any atom is 0.255 e. The highest BCUT2D eigenvalue weighted by molar-refractivity contribution is 5.98. The maximum absolute atomic E-state index is 12.7. The first-order chi connectivity index (χ1) is 10.7. The summed E-state index contributed by atoms with van der Waals surface area (Å²) in [6.07, 6.45) is 1.67. The molecule has 0 fully saturated rings. The number of benzene rings is 1. The Morgan fingerprint density at radius 2 is 2.09 bits per heavy atom. The molecule has 2 atom stereocenters. The Morgan fingerprint density at radius 3 is 2.73 bits per heavy atom. The molecule has 1 aliphatic rings. The van der Waals surface area contributed by atoms with E-state index in [2.05, 4.69) is 24.0 Å². The van der Waals surface area contributed by atoms with Gasteiger partial charge < -0.3 is 9.42 Å². The van der Waals surface area contributed by atoms with Crippen molar-refractivity contribution < 1.29 is 9.32 Å². The smallest absolute Gasteiger partial charge is 0.255 e. The first kappa shape index (κ1) is 14.8. The molecule has 2 heterocycles. The number of rotatable bonds is 5. The van der Waals surface area contributed by atoms with E-state index >= 15 is 0 Å². The third-order valence-corrected chi connectivity index (χ3v) is 4.42. The van der Waals surface area contributed by atoms with Crippen LogP contribution in [0.3, 0.4) is 0 Å². The van der Waals surface area contributed by atoms with Crippen molar-refractivity contribution in [3.8, 4) is 0 Å². The standard InChI is InChI=1S/C17H21N3O2/c1-4-11(3)15(16-18-14(5-2)19-22-16)20-10-12-8-6-7-9-13(12)17(20)21/h6-9,11,15H,4-5,10H2,1-3H3/t11-,15-/m1/s1. The minimum absolute atomic E-state index is 0.0529. The fourth-order valence-corrected chi connectivity index (χ4v) is 2.94. The van der Waals surface area contributed by atoms with Crippen molar-refractivity contribution in [3.05, 3.63) is 47.1 Å². The van der Waals surface area contributed by atoms with Crippen molar-refractivity contribution >= 4 is 5.91 Å². The molecule has 1 amide bonds. The van der Waals surface area contributed by atoms with Crippen molar-refractivity contribution in [2.45, 2.75) is 46.2 Å². The molecular weight excluding hydrogens is 278 g/mol. The molecule has 1 aromatic carbocycles. The molecule has 5 heteroatoms. The van der Waals surface area contributed by atoms with Crippen molar-refractivity contribution in [2.24, 2.45) is 5.92 Å². The lowest BCUT2D eigenvalue weighted by molar-refractivity contribution is 0.0578. The van der Waals surface area contributed by atoms with Crippen LogP contribution in [0, 0.1) is 5.92 Å². The zero-order valence-corrected chi connectivity index (χ0v) is 13.2. The van der Waals surface area contributed by atoms with Crippen LogP contribution in [0.2, 0.25) is 0 Å². The van der Waals surface area contributed by atoms with Crippen LogP contribution in [-0.4, -0.2) is 20.9 Å². The number of amides is 1. The van der Waals surface area contributed by atoms with E-state index in [9.17, 15) is 4.79 Å². The number of carbonyl (C=O) groups excluding carboxylic acids is 1. The van der Waals surface area contributed by atoms with Gasteiger partial charge in [-0.3, -0.25) is 4.79 Å². The van der Waals surface area contributed by atoms with Crippen LogP contribution in [0.5, 0.6) is 0 Å². The number of hydrogen-bond donors (Lipinski definition) is 0. The quantitative estimate of drug-likeness (QED) is 0.849. The van der Waals surface area contributed by atoms with Gasteiger partial charge in [0, 0.05) is 18.5 Å². The monoisotopic (exact) mass is 299 g/mol. The Hall–Kier alpha value is -2.17. The Morgan fingerprint density at radius 1 is 1.32 bits per heavy atom. The molecule has 0 saturated carbocycles. The number of aromatic nitrogens is 2. The van der Waals surface area contributed by atoms with Crippen LogP contribution in [0.1, 0.15) is 60.9 Å². The highest BCUT2D eigenvalue weighted by Crippen LogP contribution is 2.36. The molecular formula is C17H21N3O2. The largest absolute Gasteiger partial charge is 0.337 e. The molecule has 1 aromatic heterocycles. The molecule has 116 valence electrons. The second-order valence-corrected chi connectivity index (χ2v) is 5.82. The number of fused-ring (bicyclic) bond motifs is 1. The van der Waals surface area contributed by atoms with Gasteiger partial charge in [0.25, 0.3) is 5.91 Å². The first-order valence-electron chi connectivity index (χ1n) is 7.87. The molecule has 1 aliphatic heterocycles. The fraction of sp³-hybridized carbons (Fsp3) is 0.471. The lowest BCUT2D eigenvalue weighted by Crippen LogP contribution is -2.33. The molecule has 0 aliphatic carbocycles. The van der Waals surface area contributed by atoms with Gasteiger partial charge in [-0.05, 0) is 17.5 Å². The number of aryl methyl sites for hydroxylation is 1. The Labute approximate surface area is 130 Å². The summed E-state index contributed by atoms with van der Waals surface area (Å²) in [5.41, 5.74) is 1.85. The number of nitrogens with zero attached hydrogens (tertiary/aromatic N) is 3. The Bertz CT molecular complexity index is 680. The van der Waals surface area contributed by atoms with E-state index in [4.69, 9.17) is 4.52 Å². The van der Waals surface area contributed by atoms with Crippen LogP contribution in [-0.2, 0) is 13.0 Å². The van der Waals surface area contributed by atoms with Gasteiger partial charge in [0.15, 0.2) is 5.82 Å². The molecule has 3 rings (SSSR count). The number of carbonyl (C=O) groups is 1. The van der Waals surface area contributed by atoms with Gasteiger partial charge in [-0.25, -0.2) is 0 Å². The van der Waals surface area contributed by atoms with Crippen LogP contribution in [0.15, 0.2) is 28.8 Å². The molecule has 5 nitrogen and oxygen atoms in total. The van der Waals surface area contributed by atoms with Crippen LogP contribution < -0.4 is 0 Å². The molecule has 0 N–H and O–H groups in total. The summed E-state index contributed by atoms with van der Waals surface area (Å²) in [6, 6.07) is 7.59. The van der Waals surface area contributed by atoms with E-state index in [1.54, 1.807) is 0 Å². The van der Waals surface area contributed by atoms with Gasteiger partial charge in [0.05, 0.1) is 0 Å². The lowest BCUT2D eigenvalue weighted by Gasteiger charge is -2.29. The third kappa shape index (κ3) is 2.40. The van der Waals surface area contributed by atoms with Gasteiger partial charge in [-0.1, -0.05) is 50.5 Å². The van der Waals surface area contributed by atoms with E-state index in [0.29, 0.717) is 18.3 Å². The van der Waals surface area contributed by atoms with Crippen molar-refractivity contribution in [3.63, 3.8) is 0 Å². The van der Waals surface area contributed by atoms with Gasteiger partial charge in [0.2, 0.25) is 5.89 Å². The highest BCUT2D eigenvalue weighted by Gasteiger charge is 2.38. The van der Waals surface area contributed by atoms with E-state index < -0.39 is 0 Å². The summed E-state index contributed by atoms with van der Waals surface area (Å²) in [4.78, 5) is 19.1. The summed E-state index contributed by atoms with van der Waals surface area (Å²) >= 11 is 0. The molecule has 2 aromatic rings. The van der Waals surface area contributed by atoms with Gasteiger partial charge in [-0.2, -0.15) is 4.98 Å². The van der Waals surface area contributed by atoms with Crippen LogP contribution >= 0.6 is 0 Å². The number of hydrogen-bond acceptors (Lipinski definition) is 4. The average Bonchev–Trinajstić information content (AvgIpc) is 3.14. The topological polar surface area (TPSA) is 59.2 Å². The summed E-state index contributed by atoms with van der Waals surface area (Å²) in [5.74, 6) is 1.54. The minimum Gasteiger partial charge on any atom is -0.337 e. The zero-order chi connectivity index (χ0) is 15.7. The Balaban J connectivity index is 1.96. The van der Waals surface area contributed by atoms with Crippen LogP contribution in [0.25, 0.3) is 0 Å². The molecule has 0 spiro atoms. The van der Waals surface area contributed by atoms with E-state index in [0.717, 1.165) is 24.0 Å². The third-order valence-electron chi connectivity index (χ3n) is 4.42. The molecule has 0 unspecified atom stereocenters.